The number of pyridine rings is 1. The van der Waals surface area contributed by atoms with E-state index in [0.717, 1.165) is 40.2 Å². The van der Waals surface area contributed by atoms with Crippen molar-refractivity contribution in [3.8, 4) is 0 Å². The minimum absolute atomic E-state index is 0.153. The van der Waals surface area contributed by atoms with E-state index in [1.54, 1.807) is 0 Å². The molecular weight excluding hydrogens is 340 g/mol. The monoisotopic (exact) mass is 366 g/mol. The fraction of sp³-hybridized carbons (Fsp3) is 0.545. The lowest BCUT2D eigenvalue weighted by Gasteiger charge is -2.56. The molecule has 4 aliphatic rings. The molecule has 0 aliphatic heterocycles. The van der Waals surface area contributed by atoms with Crippen LogP contribution >= 0.6 is 11.8 Å². The molecule has 1 aromatic heterocycles. The normalized spacial score (nSPS) is 32.1. The Morgan fingerprint density at radius 3 is 2.46 bits per heavy atom. The molecular formula is C22H26N2OS. The molecule has 1 heterocycles. The molecule has 26 heavy (non-hydrogen) atoms. The summed E-state index contributed by atoms with van der Waals surface area (Å²) in [6, 6.07) is 12.2. The molecule has 4 aliphatic carbocycles. The number of aromatic nitrogens is 1. The minimum Gasteiger partial charge on any atom is -0.355 e. The molecule has 4 heteroatoms. The zero-order valence-electron chi connectivity index (χ0n) is 15.1. The minimum atomic E-state index is 0.153. The molecule has 0 radical (unpaired) electrons. The molecule has 4 bridgehead atoms. The molecule has 0 spiro atoms. The highest BCUT2D eigenvalue weighted by Gasteiger charge is 2.50. The van der Waals surface area contributed by atoms with E-state index in [4.69, 9.17) is 0 Å². The molecule has 6 rings (SSSR count). The topological polar surface area (TPSA) is 42.0 Å². The van der Waals surface area contributed by atoms with E-state index in [9.17, 15) is 4.79 Å². The average molecular weight is 367 g/mol. The van der Waals surface area contributed by atoms with E-state index < -0.39 is 0 Å². The van der Waals surface area contributed by atoms with Gasteiger partial charge in [-0.2, -0.15) is 0 Å². The summed E-state index contributed by atoms with van der Waals surface area (Å²) >= 11 is 1.54. The van der Waals surface area contributed by atoms with Gasteiger partial charge in [0, 0.05) is 11.9 Å². The number of fused-ring (bicyclic) bond motifs is 1. The highest BCUT2D eigenvalue weighted by Crippen LogP contribution is 2.59. The molecule has 0 unspecified atom stereocenters. The van der Waals surface area contributed by atoms with Gasteiger partial charge in [-0.3, -0.25) is 4.79 Å². The SMILES string of the molecule is O=C(CSc1ccc2ccccc2n1)NCC12CC3CC(CC(C3)C1)C2. The van der Waals surface area contributed by atoms with Gasteiger partial charge in [0.05, 0.1) is 16.3 Å². The Morgan fingerprint density at radius 2 is 1.73 bits per heavy atom. The van der Waals surface area contributed by atoms with Crippen LogP contribution in [-0.4, -0.2) is 23.2 Å². The van der Waals surface area contributed by atoms with Crippen LogP contribution in [0.2, 0.25) is 0 Å². The summed E-state index contributed by atoms with van der Waals surface area (Å²) in [4.78, 5) is 17.1. The highest BCUT2D eigenvalue weighted by atomic mass is 32.2. The first-order chi connectivity index (χ1) is 12.7. The smallest absolute Gasteiger partial charge is 0.230 e. The Labute approximate surface area is 159 Å². The van der Waals surface area contributed by atoms with E-state index in [0.29, 0.717) is 11.2 Å². The van der Waals surface area contributed by atoms with Crippen LogP contribution in [-0.2, 0) is 4.79 Å². The van der Waals surface area contributed by atoms with Gasteiger partial charge in [-0.05, 0) is 73.8 Å². The third-order valence-electron chi connectivity index (χ3n) is 6.75. The Balaban J connectivity index is 1.16. The maximum atomic E-state index is 12.4. The summed E-state index contributed by atoms with van der Waals surface area (Å²) < 4.78 is 0. The summed E-state index contributed by atoms with van der Waals surface area (Å²) in [5, 5.41) is 5.33. The lowest BCUT2D eigenvalue weighted by atomic mass is 9.49. The first-order valence-corrected chi connectivity index (χ1v) is 10.9. The standard InChI is InChI=1S/C22H26N2OS/c25-20(13-26-21-6-5-18-3-1-2-4-19(18)24-21)23-14-22-10-15-7-16(11-22)9-17(8-15)12-22/h1-6,15-17H,7-14H2,(H,23,25). The van der Waals surface area contributed by atoms with Crippen molar-refractivity contribution in [3.63, 3.8) is 0 Å². The van der Waals surface area contributed by atoms with Crippen molar-refractivity contribution in [3.05, 3.63) is 36.4 Å². The van der Waals surface area contributed by atoms with E-state index in [1.807, 2.05) is 24.3 Å². The second-order valence-corrected chi connectivity index (χ2v) is 9.82. The first kappa shape index (κ1) is 16.6. The Bertz CT molecular complexity index is 798. The van der Waals surface area contributed by atoms with Gasteiger partial charge in [0.15, 0.2) is 0 Å². The molecule has 0 atom stereocenters. The number of nitrogens with zero attached hydrogens (tertiary/aromatic N) is 1. The summed E-state index contributed by atoms with van der Waals surface area (Å²) in [7, 11) is 0. The number of carbonyl (C=O) groups is 1. The molecule has 4 fully saturated rings. The van der Waals surface area contributed by atoms with Gasteiger partial charge in [0.2, 0.25) is 5.91 Å². The van der Waals surface area contributed by atoms with Crippen LogP contribution in [0.1, 0.15) is 38.5 Å². The summed E-state index contributed by atoms with van der Waals surface area (Å²) in [5.41, 5.74) is 1.41. The second kappa shape index (κ2) is 6.56. The third kappa shape index (κ3) is 3.24. The van der Waals surface area contributed by atoms with Crippen molar-refractivity contribution in [1.29, 1.82) is 0 Å². The molecule has 1 amide bonds. The fourth-order valence-electron chi connectivity index (χ4n) is 6.11. The lowest BCUT2D eigenvalue weighted by molar-refractivity contribution is -0.120. The van der Waals surface area contributed by atoms with Gasteiger partial charge in [-0.15, -0.1) is 0 Å². The summed E-state index contributed by atoms with van der Waals surface area (Å²) in [6.07, 6.45) is 8.40. The second-order valence-electron chi connectivity index (χ2n) is 8.83. The Morgan fingerprint density at radius 1 is 1.04 bits per heavy atom. The number of hydrogen-bond acceptors (Lipinski definition) is 3. The van der Waals surface area contributed by atoms with Gasteiger partial charge < -0.3 is 5.32 Å². The summed E-state index contributed by atoms with van der Waals surface area (Å²) in [6.45, 7) is 0.890. The lowest BCUT2D eigenvalue weighted by Crippen LogP contribution is -2.51. The molecule has 136 valence electrons. The van der Waals surface area contributed by atoms with Crippen LogP contribution in [0, 0.1) is 23.2 Å². The van der Waals surface area contributed by atoms with Gasteiger partial charge >= 0.3 is 0 Å². The van der Waals surface area contributed by atoms with E-state index in [-0.39, 0.29) is 5.91 Å². The third-order valence-corrected chi connectivity index (χ3v) is 7.68. The number of carbonyl (C=O) groups excluding carboxylic acids is 1. The van der Waals surface area contributed by atoms with E-state index in [2.05, 4.69) is 22.4 Å². The van der Waals surface area contributed by atoms with Gasteiger partial charge in [-0.25, -0.2) is 4.98 Å². The van der Waals surface area contributed by atoms with Crippen LogP contribution in [0.15, 0.2) is 41.4 Å². The largest absolute Gasteiger partial charge is 0.355 e. The number of nitrogens with one attached hydrogen (secondary N) is 1. The zero-order chi connectivity index (χ0) is 17.6. The Hall–Kier alpha value is -1.55. The van der Waals surface area contributed by atoms with Crippen LogP contribution in [0.3, 0.4) is 0 Å². The molecule has 3 nitrogen and oxygen atoms in total. The van der Waals surface area contributed by atoms with Crippen molar-refractivity contribution < 1.29 is 4.79 Å². The van der Waals surface area contributed by atoms with Crippen molar-refractivity contribution in [1.82, 2.24) is 10.3 Å². The number of para-hydroxylation sites is 1. The van der Waals surface area contributed by atoms with Crippen LogP contribution < -0.4 is 5.32 Å². The molecule has 0 saturated heterocycles. The maximum Gasteiger partial charge on any atom is 0.230 e. The van der Waals surface area contributed by atoms with Crippen molar-refractivity contribution in [2.75, 3.05) is 12.3 Å². The Kier molecular flexibility index (Phi) is 4.19. The number of hydrogen-bond donors (Lipinski definition) is 1. The quantitative estimate of drug-likeness (QED) is 0.783. The number of rotatable bonds is 5. The summed E-state index contributed by atoms with van der Waals surface area (Å²) in [5.74, 6) is 3.43. The molecule has 4 saturated carbocycles. The molecule has 2 aromatic rings. The van der Waals surface area contributed by atoms with E-state index >= 15 is 0 Å². The predicted octanol–water partition coefficient (Wildman–Crippen LogP) is 4.66. The van der Waals surface area contributed by atoms with Gasteiger partial charge in [0.1, 0.15) is 0 Å². The van der Waals surface area contributed by atoms with Gasteiger partial charge in [-0.1, -0.05) is 36.0 Å². The zero-order valence-corrected chi connectivity index (χ0v) is 15.9. The average Bonchev–Trinajstić information content (AvgIpc) is 2.63. The number of amides is 1. The molecule has 1 aromatic carbocycles. The highest BCUT2D eigenvalue weighted by molar-refractivity contribution is 7.99. The fourth-order valence-corrected chi connectivity index (χ4v) is 6.82. The number of thioether (sulfide) groups is 1. The van der Waals surface area contributed by atoms with Crippen molar-refractivity contribution in [2.45, 2.75) is 43.6 Å². The van der Waals surface area contributed by atoms with Crippen LogP contribution in [0.5, 0.6) is 0 Å². The predicted molar refractivity (Wildman–Crippen MR) is 106 cm³/mol. The van der Waals surface area contributed by atoms with Gasteiger partial charge in [0.25, 0.3) is 0 Å². The van der Waals surface area contributed by atoms with Crippen LogP contribution in [0.4, 0.5) is 0 Å². The van der Waals surface area contributed by atoms with Crippen molar-refractivity contribution in [2.24, 2.45) is 23.2 Å². The maximum absolute atomic E-state index is 12.4. The molecule has 1 N–H and O–H groups in total. The van der Waals surface area contributed by atoms with E-state index in [1.165, 1.54) is 50.3 Å². The first-order valence-electron chi connectivity index (χ1n) is 9.93. The number of benzene rings is 1. The van der Waals surface area contributed by atoms with Crippen molar-refractivity contribution >= 4 is 28.6 Å². The van der Waals surface area contributed by atoms with Crippen LogP contribution in [0.25, 0.3) is 10.9 Å².